The minimum atomic E-state index is -0.398. The number of aromatic nitrogens is 5. The average Bonchev–Trinajstić information content (AvgIpc) is 2.95. The summed E-state index contributed by atoms with van der Waals surface area (Å²) in [5, 5.41) is 15.0. The van der Waals surface area contributed by atoms with Crippen LogP contribution in [0, 0.1) is 0 Å². The van der Waals surface area contributed by atoms with Crippen LogP contribution in [0.1, 0.15) is 10.4 Å². The average molecular weight is 271 g/mol. The molecule has 2 aromatic heterocycles. The van der Waals surface area contributed by atoms with Gasteiger partial charge in [-0.3, -0.25) is 0 Å². The molecule has 8 heteroatoms. The molecule has 0 aliphatic heterocycles. The van der Waals surface area contributed by atoms with Gasteiger partial charge in [0.05, 0.1) is 12.7 Å². The molecule has 2 heterocycles. The van der Waals surface area contributed by atoms with Crippen molar-refractivity contribution in [1.82, 2.24) is 25.3 Å². The number of esters is 1. The minimum absolute atomic E-state index is 0.343. The zero-order chi connectivity index (χ0) is 13.9. The van der Waals surface area contributed by atoms with Gasteiger partial charge in [0.25, 0.3) is 0 Å². The Morgan fingerprint density at radius 1 is 1.15 bits per heavy atom. The van der Waals surface area contributed by atoms with E-state index < -0.39 is 5.97 Å². The van der Waals surface area contributed by atoms with Gasteiger partial charge >= 0.3 is 5.97 Å². The van der Waals surface area contributed by atoms with Crippen molar-refractivity contribution < 1.29 is 14.3 Å². The first kappa shape index (κ1) is 12.0. The molecule has 0 unspecified atom stereocenters. The van der Waals surface area contributed by atoms with E-state index in [1.165, 1.54) is 11.7 Å². The van der Waals surface area contributed by atoms with Crippen LogP contribution in [0.25, 0.3) is 5.65 Å². The number of hydrogen-bond donors (Lipinski definition) is 0. The molecule has 0 aliphatic carbocycles. The van der Waals surface area contributed by atoms with Crippen LogP contribution in [0.4, 0.5) is 0 Å². The molecule has 0 radical (unpaired) electrons. The number of tetrazole rings is 1. The molecule has 0 saturated carbocycles. The number of carbonyl (C=O) groups is 1. The second kappa shape index (κ2) is 4.92. The van der Waals surface area contributed by atoms with Gasteiger partial charge in [-0.25, -0.2) is 4.79 Å². The second-order valence-corrected chi connectivity index (χ2v) is 3.82. The number of hydrogen-bond acceptors (Lipinski definition) is 7. The first-order valence-electron chi connectivity index (χ1n) is 5.68. The van der Waals surface area contributed by atoms with E-state index in [1.54, 1.807) is 36.4 Å². The molecule has 8 nitrogen and oxygen atoms in total. The van der Waals surface area contributed by atoms with Crippen LogP contribution in [0.3, 0.4) is 0 Å². The molecule has 0 bridgehead atoms. The Bertz CT molecular complexity index is 753. The van der Waals surface area contributed by atoms with Gasteiger partial charge in [-0.15, -0.1) is 14.8 Å². The van der Waals surface area contributed by atoms with Gasteiger partial charge in [-0.1, -0.05) is 0 Å². The van der Waals surface area contributed by atoms with Crippen LogP contribution in [-0.2, 0) is 4.74 Å². The number of fused-ring (bicyclic) bond motifs is 1. The van der Waals surface area contributed by atoms with E-state index in [0.29, 0.717) is 22.8 Å². The molecule has 3 aromatic rings. The fourth-order valence-corrected chi connectivity index (χ4v) is 1.59. The van der Waals surface area contributed by atoms with Crippen molar-refractivity contribution in [2.45, 2.75) is 0 Å². The first-order valence-corrected chi connectivity index (χ1v) is 5.68. The molecule has 0 fully saturated rings. The summed E-state index contributed by atoms with van der Waals surface area (Å²) in [6.45, 7) is 0. The van der Waals surface area contributed by atoms with Crippen LogP contribution in [-0.4, -0.2) is 38.3 Å². The maximum atomic E-state index is 11.3. The van der Waals surface area contributed by atoms with E-state index in [4.69, 9.17) is 4.74 Å². The summed E-state index contributed by atoms with van der Waals surface area (Å²) in [4.78, 5) is 11.3. The predicted molar refractivity (Wildman–Crippen MR) is 66.4 cm³/mol. The number of nitrogens with zero attached hydrogens (tertiary/aromatic N) is 5. The predicted octanol–water partition coefficient (Wildman–Crippen LogP) is 1.10. The Morgan fingerprint density at radius 3 is 2.70 bits per heavy atom. The van der Waals surface area contributed by atoms with Crippen LogP contribution < -0.4 is 4.74 Å². The molecule has 0 atom stereocenters. The molecule has 0 amide bonds. The van der Waals surface area contributed by atoms with E-state index in [2.05, 4.69) is 25.4 Å². The summed E-state index contributed by atoms with van der Waals surface area (Å²) in [5.74, 6) is 0.484. The van der Waals surface area contributed by atoms with Crippen LogP contribution in [0.2, 0.25) is 0 Å². The number of carbonyl (C=O) groups excluding carboxylic acids is 1. The fraction of sp³-hybridized carbons (Fsp3) is 0.0833. The standard InChI is InChI=1S/C12H9N5O3/c1-19-12(18)8-2-4-9(5-3-8)20-11-7-6-10-13-15-16-17(10)14-11/h2-7H,1H3. The fourth-order valence-electron chi connectivity index (χ4n) is 1.59. The Balaban J connectivity index is 1.81. The van der Waals surface area contributed by atoms with Gasteiger partial charge < -0.3 is 9.47 Å². The molecule has 0 saturated heterocycles. The lowest BCUT2D eigenvalue weighted by Crippen LogP contribution is -2.01. The lowest BCUT2D eigenvalue weighted by atomic mass is 10.2. The third-order valence-corrected chi connectivity index (χ3v) is 2.54. The van der Waals surface area contributed by atoms with E-state index >= 15 is 0 Å². The molecule has 0 aliphatic rings. The van der Waals surface area contributed by atoms with Gasteiger partial charge in [0.15, 0.2) is 5.65 Å². The Morgan fingerprint density at radius 2 is 1.95 bits per heavy atom. The largest absolute Gasteiger partial charge is 0.465 e. The summed E-state index contributed by atoms with van der Waals surface area (Å²) < 4.78 is 11.4. The molecule has 0 spiro atoms. The van der Waals surface area contributed by atoms with Crippen molar-refractivity contribution in [2.75, 3.05) is 7.11 Å². The molecule has 100 valence electrons. The molecular weight excluding hydrogens is 262 g/mol. The van der Waals surface area contributed by atoms with Crippen molar-refractivity contribution in [3.63, 3.8) is 0 Å². The highest BCUT2D eigenvalue weighted by molar-refractivity contribution is 5.89. The molecule has 1 aromatic carbocycles. The van der Waals surface area contributed by atoms with Crippen molar-refractivity contribution in [3.8, 4) is 11.6 Å². The number of benzene rings is 1. The summed E-state index contributed by atoms with van der Waals surface area (Å²) in [7, 11) is 1.33. The highest BCUT2D eigenvalue weighted by Crippen LogP contribution is 2.19. The van der Waals surface area contributed by atoms with Crippen LogP contribution in [0.15, 0.2) is 36.4 Å². The summed E-state index contributed by atoms with van der Waals surface area (Å²) in [5.41, 5.74) is 0.974. The lowest BCUT2D eigenvalue weighted by Gasteiger charge is -2.05. The summed E-state index contributed by atoms with van der Waals surface area (Å²) in [6, 6.07) is 9.86. The number of rotatable bonds is 3. The first-order chi connectivity index (χ1) is 9.76. The topological polar surface area (TPSA) is 91.5 Å². The smallest absolute Gasteiger partial charge is 0.337 e. The zero-order valence-corrected chi connectivity index (χ0v) is 10.4. The maximum absolute atomic E-state index is 11.3. The van der Waals surface area contributed by atoms with E-state index in [1.807, 2.05) is 0 Å². The van der Waals surface area contributed by atoms with Crippen LogP contribution >= 0.6 is 0 Å². The van der Waals surface area contributed by atoms with Gasteiger partial charge in [-0.2, -0.15) is 0 Å². The Labute approximate surface area is 112 Å². The van der Waals surface area contributed by atoms with Crippen molar-refractivity contribution >= 4 is 11.6 Å². The van der Waals surface area contributed by atoms with Crippen molar-refractivity contribution in [1.29, 1.82) is 0 Å². The number of ether oxygens (including phenoxy) is 2. The third kappa shape index (κ3) is 2.26. The summed E-state index contributed by atoms with van der Waals surface area (Å²) >= 11 is 0. The monoisotopic (exact) mass is 271 g/mol. The highest BCUT2D eigenvalue weighted by Gasteiger charge is 2.06. The SMILES string of the molecule is COC(=O)c1ccc(Oc2ccc3nnnn3n2)cc1. The quantitative estimate of drug-likeness (QED) is 0.658. The normalized spacial score (nSPS) is 10.4. The molecule has 3 rings (SSSR count). The zero-order valence-electron chi connectivity index (χ0n) is 10.4. The molecule has 0 N–H and O–H groups in total. The van der Waals surface area contributed by atoms with E-state index in [0.717, 1.165) is 0 Å². The molecular formula is C12H9N5O3. The van der Waals surface area contributed by atoms with E-state index in [-0.39, 0.29) is 0 Å². The van der Waals surface area contributed by atoms with Crippen molar-refractivity contribution in [3.05, 3.63) is 42.0 Å². The van der Waals surface area contributed by atoms with Gasteiger partial charge in [-0.05, 0) is 40.8 Å². The van der Waals surface area contributed by atoms with Crippen LogP contribution in [0.5, 0.6) is 11.6 Å². The van der Waals surface area contributed by atoms with Gasteiger partial charge in [0.2, 0.25) is 5.88 Å². The lowest BCUT2D eigenvalue weighted by molar-refractivity contribution is 0.0600. The van der Waals surface area contributed by atoms with E-state index in [9.17, 15) is 4.79 Å². The van der Waals surface area contributed by atoms with Gasteiger partial charge in [0, 0.05) is 6.07 Å². The number of methoxy groups -OCH3 is 1. The Kier molecular flexibility index (Phi) is 2.96. The minimum Gasteiger partial charge on any atom is -0.465 e. The second-order valence-electron chi connectivity index (χ2n) is 3.82. The Hall–Kier alpha value is -3.03. The third-order valence-electron chi connectivity index (χ3n) is 2.54. The maximum Gasteiger partial charge on any atom is 0.337 e. The van der Waals surface area contributed by atoms with Gasteiger partial charge in [0.1, 0.15) is 5.75 Å². The summed E-state index contributed by atoms with van der Waals surface area (Å²) in [6.07, 6.45) is 0. The highest BCUT2D eigenvalue weighted by atomic mass is 16.5. The van der Waals surface area contributed by atoms with Crippen molar-refractivity contribution in [2.24, 2.45) is 0 Å². The molecule has 20 heavy (non-hydrogen) atoms.